The topological polar surface area (TPSA) is 61.0 Å². The number of rotatable bonds is 3. The Morgan fingerprint density at radius 2 is 2.12 bits per heavy atom. The smallest absolute Gasteiger partial charge is 0.276 e. The van der Waals surface area contributed by atoms with E-state index in [1.54, 1.807) is 19.4 Å². The fourth-order valence-corrected chi connectivity index (χ4v) is 1.42. The van der Waals surface area contributed by atoms with E-state index in [2.05, 4.69) is 15.1 Å². The second-order valence-electron chi connectivity index (χ2n) is 4.15. The molecule has 5 nitrogen and oxygen atoms in total. The Kier molecular flexibility index (Phi) is 3.08. The minimum Gasteiger partial charge on any atom is -0.496 e. The fraction of sp³-hybridized carbons (Fsp3) is 0.417. The first-order valence-corrected chi connectivity index (χ1v) is 5.46. The molecule has 0 spiro atoms. The number of hydrogen-bond donors (Lipinski definition) is 0. The first-order valence-electron chi connectivity index (χ1n) is 5.46. The van der Waals surface area contributed by atoms with E-state index in [0.717, 1.165) is 11.3 Å². The number of nitrogens with zero attached hydrogens (tertiary/aromatic N) is 3. The summed E-state index contributed by atoms with van der Waals surface area (Å²) in [5.74, 6) is 2.10. The van der Waals surface area contributed by atoms with Gasteiger partial charge in [0.25, 0.3) is 5.89 Å². The zero-order valence-electron chi connectivity index (χ0n) is 10.4. The molecule has 0 saturated heterocycles. The zero-order chi connectivity index (χ0) is 12.4. The Hall–Kier alpha value is -1.91. The van der Waals surface area contributed by atoms with Gasteiger partial charge in [0.1, 0.15) is 11.4 Å². The van der Waals surface area contributed by atoms with Gasteiger partial charge in [0.2, 0.25) is 0 Å². The number of pyridine rings is 1. The summed E-state index contributed by atoms with van der Waals surface area (Å²) < 4.78 is 10.4. The normalized spacial score (nSPS) is 10.9. The van der Waals surface area contributed by atoms with Crippen molar-refractivity contribution in [2.45, 2.75) is 26.7 Å². The maximum atomic E-state index is 5.23. The second kappa shape index (κ2) is 4.53. The van der Waals surface area contributed by atoms with Crippen molar-refractivity contribution in [2.75, 3.05) is 7.11 Å². The number of ether oxygens (including phenoxy) is 1. The Morgan fingerprint density at radius 3 is 2.71 bits per heavy atom. The molecule has 0 unspecified atom stereocenters. The lowest BCUT2D eigenvalue weighted by Gasteiger charge is -2.03. The maximum absolute atomic E-state index is 5.23. The monoisotopic (exact) mass is 233 g/mol. The van der Waals surface area contributed by atoms with Crippen molar-refractivity contribution in [1.82, 2.24) is 15.1 Å². The molecule has 90 valence electrons. The summed E-state index contributed by atoms with van der Waals surface area (Å²) in [7, 11) is 1.62. The van der Waals surface area contributed by atoms with Gasteiger partial charge in [0.05, 0.1) is 7.11 Å². The highest BCUT2D eigenvalue weighted by atomic mass is 16.5. The lowest BCUT2D eigenvalue weighted by atomic mass is 10.2. The van der Waals surface area contributed by atoms with Gasteiger partial charge in [-0.3, -0.25) is 4.98 Å². The van der Waals surface area contributed by atoms with Crippen LogP contribution in [0.1, 0.15) is 31.2 Å². The van der Waals surface area contributed by atoms with E-state index in [1.807, 2.05) is 20.8 Å². The summed E-state index contributed by atoms with van der Waals surface area (Å²) in [6.45, 7) is 5.96. The van der Waals surface area contributed by atoms with Crippen molar-refractivity contribution in [3.63, 3.8) is 0 Å². The van der Waals surface area contributed by atoms with Crippen LogP contribution in [-0.4, -0.2) is 22.2 Å². The Bertz CT molecular complexity index is 520. The molecule has 0 fully saturated rings. The Morgan fingerprint density at radius 1 is 1.35 bits per heavy atom. The molecule has 0 saturated carbocycles. The molecule has 0 aliphatic rings. The Balaban J connectivity index is 2.38. The van der Waals surface area contributed by atoms with Crippen molar-refractivity contribution < 1.29 is 9.26 Å². The molecule has 0 amide bonds. The highest BCUT2D eigenvalue weighted by molar-refractivity contribution is 5.51. The van der Waals surface area contributed by atoms with Gasteiger partial charge in [-0.05, 0) is 6.92 Å². The number of hydrogen-bond acceptors (Lipinski definition) is 5. The molecule has 2 aromatic rings. The summed E-state index contributed by atoms with van der Waals surface area (Å²) in [4.78, 5) is 8.54. The third-order valence-electron chi connectivity index (χ3n) is 2.45. The summed E-state index contributed by atoms with van der Waals surface area (Å²) >= 11 is 0. The number of aromatic nitrogens is 3. The zero-order valence-corrected chi connectivity index (χ0v) is 10.4. The fourth-order valence-electron chi connectivity index (χ4n) is 1.42. The van der Waals surface area contributed by atoms with Crippen LogP contribution in [0.15, 0.2) is 16.8 Å². The molecule has 0 aliphatic heterocycles. The third kappa shape index (κ3) is 2.27. The van der Waals surface area contributed by atoms with Crippen molar-refractivity contribution >= 4 is 0 Å². The van der Waals surface area contributed by atoms with Gasteiger partial charge in [0.15, 0.2) is 5.82 Å². The van der Waals surface area contributed by atoms with Crippen molar-refractivity contribution in [3.05, 3.63) is 23.7 Å². The summed E-state index contributed by atoms with van der Waals surface area (Å²) in [5, 5.41) is 3.90. The van der Waals surface area contributed by atoms with Gasteiger partial charge in [-0.15, -0.1) is 0 Å². The standard InChI is InChI=1S/C12H15N3O2/c1-7(2)11-14-12(17-15-11)9-5-10(16-4)8(3)6-13-9/h5-7H,1-4H3. The molecule has 2 aromatic heterocycles. The predicted octanol–water partition coefficient (Wildman–Crippen LogP) is 2.57. The van der Waals surface area contributed by atoms with E-state index in [1.165, 1.54) is 0 Å². The molecule has 2 heterocycles. The summed E-state index contributed by atoms with van der Waals surface area (Å²) in [6, 6.07) is 1.80. The molecule has 17 heavy (non-hydrogen) atoms. The van der Waals surface area contributed by atoms with E-state index in [-0.39, 0.29) is 5.92 Å². The molecule has 0 radical (unpaired) electrons. The van der Waals surface area contributed by atoms with E-state index in [0.29, 0.717) is 17.4 Å². The van der Waals surface area contributed by atoms with Crippen molar-refractivity contribution in [1.29, 1.82) is 0 Å². The van der Waals surface area contributed by atoms with Crippen LogP contribution in [0.3, 0.4) is 0 Å². The van der Waals surface area contributed by atoms with Crippen LogP contribution in [0.25, 0.3) is 11.6 Å². The molecular weight excluding hydrogens is 218 g/mol. The average Bonchev–Trinajstić information content (AvgIpc) is 2.79. The molecule has 0 aromatic carbocycles. The first kappa shape index (κ1) is 11.6. The number of methoxy groups -OCH3 is 1. The molecular formula is C12H15N3O2. The molecule has 0 aliphatic carbocycles. The van der Waals surface area contributed by atoms with Gasteiger partial charge in [-0.25, -0.2) is 0 Å². The Labute approximate surface area is 99.8 Å². The van der Waals surface area contributed by atoms with Crippen LogP contribution in [0.2, 0.25) is 0 Å². The number of aryl methyl sites for hydroxylation is 1. The van der Waals surface area contributed by atoms with Gasteiger partial charge >= 0.3 is 0 Å². The third-order valence-corrected chi connectivity index (χ3v) is 2.45. The largest absolute Gasteiger partial charge is 0.496 e. The summed E-state index contributed by atoms with van der Waals surface area (Å²) in [6.07, 6.45) is 1.73. The highest BCUT2D eigenvalue weighted by Crippen LogP contribution is 2.24. The van der Waals surface area contributed by atoms with Crippen LogP contribution in [0.5, 0.6) is 5.75 Å². The molecule has 0 atom stereocenters. The second-order valence-corrected chi connectivity index (χ2v) is 4.15. The minimum atomic E-state index is 0.236. The van der Waals surface area contributed by atoms with Gasteiger partial charge < -0.3 is 9.26 Å². The van der Waals surface area contributed by atoms with E-state index < -0.39 is 0 Å². The van der Waals surface area contributed by atoms with Crippen LogP contribution >= 0.6 is 0 Å². The van der Waals surface area contributed by atoms with Gasteiger partial charge in [0, 0.05) is 23.7 Å². The van der Waals surface area contributed by atoms with Gasteiger partial charge in [-0.1, -0.05) is 19.0 Å². The lowest BCUT2D eigenvalue weighted by molar-refractivity contribution is 0.407. The van der Waals surface area contributed by atoms with Crippen molar-refractivity contribution in [3.8, 4) is 17.3 Å². The van der Waals surface area contributed by atoms with Crippen LogP contribution in [0, 0.1) is 6.92 Å². The highest BCUT2D eigenvalue weighted by Gasteiger charge is 2.13. The van der Waals surface area contributed by atoms with Crippen LogP contribution in [0.4, 0.5) is 0 Å². The van der Waals surface area contributed by atoms with Crippen LogP contribution < -0.4 is 4.74 Å². The maximum Gasteiger partial charge on any atom is 0.276 e. The van der Waals surface area contributed by atoms with E-state index >= 15 is 0 Å². The molecule has 5 heteroatoms. The quantitative estimate of drug-likeness (QED) is 0.815. The molecule has 0 N–H and O–H groups in total. The van der Waals surface area contributed by atoms with Gasteiger partial charge in [-0.2, -0.15) is 4.98 Å². The van der Waals surface area contributed by atoms with Crippen LogP contribution in [-0.2, 0) is 0 Å². The summed E-state index contributed by atoms with van der Waals surface area (Å²) in [5.41, 5.74) is 1.60. The lowest BCUT2D eigenvalue weighted by Crippen LogP contribution is -1.92. The first-order chi connectivity index (χ1) is 8.11. The minimum absolute atomic E-state index is 0.236. The SMILES string of the molecule is COc1cc(-c2nc(C(C)C)no2)ncc1C. The molecule has 0 bridgehead atoms. The predicted molar refractivity (Wildman–Crippen MR) is 62.9 cm³/mol. The van der Waals surface area contributed by atoms with E-state index in [9.17, 15) is 0 Å². The average molecular weight is 233 g/mol. The van der Waals surface area contributed by atoms with E-state index in [4.69, 9.17) is 9.26 Å². The van der Waals surface area contributed by atoms with Crippen molar-refractivity contribution in [2.24, 2.45) is 0 Å². The molecule has 2 rings (SSSR count).